The predicted octanol–water partition coefficient (Wildman–Crippen LogP) is 4.29. The van der Waals surface area contributed by atoms with E-state index in [-0.39, 0.29) is 50.9 Å². The molecule has 0 fully saturated rings. The molecule has 0 spiro atoms. The van der Waals surface area contributed by atoms with Crippen molar-refractivity contribution in [2.45, 2.75) is 213 Å². The summed E-state index contributed by atoms with van der Waals surface area (Å²) in [5.41, 5.74) is 0. The minimum Gasteiger partial charge on any atom is -1.00 e. The average Bonchev–Trinajstić information content (AvgIpc) is 3.10. The van der Waals surface area contributed by atoms with Crippen molar-refractivity contribution >= 4 is 0 Å². The van der Waals surface area contributed by atoms with Crippen LogP contribution >= 0.6 is 0 Å². The molecule has 0 aromatic rings. The molecular weight excluding hydrogens is 872 g/mol. The van der Waals surface area contributed by atoms with Gasteiger partial charge < -0.3 is 64.4 Å². The maximum atomic E-state index is 2.87. The van der Waals surface area contributed by atoms with Gasteiger partial charge in [0, 0.05) is 19.6 Å². The standard InChI is InChI=1S/C48H105N4.3BrH/c1-10-13-16-19-22-25-28-31-34-37-43-50(4,5)46-40-49(41-47-51(6,7)44-38-35-32-29-26-23-20-17-14-11-2)42-48-52(8,9)45-39-36-33-30-27-24-21-18-15-12-3;;;/h10-48H2,1-9H3;3*1H/q+3;;;/p-3. The van der Waals surface area contributed by atoms with Crippen LogP contribution in [0.25, 0.3) is 0 Å². The molecule has 338 valence electrons. The van der Waals surface area contributed by atoms with Crippen LogP contribution in [0.15, 0.2) is 0 Å². The Hall–Kier alpha value is 1.28. The lowest BCUT2D eigenvalue weighted by atomic mass is 10.1. The molecule has 0 heterocycles. The van der Waals surface area contributed by atoms with Gasteiger partial charge in [-0.15, -0.1) is 0 Å². The molecule has 0 radical (unpaired) electrons. The van der Waals surface area contributed by atoms with E-state index >= 15 is 0 Å². The Morgan fingerprint density at radius 2 is 0.400 bits per heavy atom. The second-order valence-corrected chi connectivity index (χ2v) is 19.5. The molecule has 55 heavy (non-hydrogen) atoms. The van der Waals surface area contributed by atoms with Crippen molar-refractivity contribution in [2.24, 2.45) is 0 Å². The highest BCUT2D eigenvalue weighted by atomic mass is 79.9. The van der Waals surface area contributed by atoms with Gasteiger partial charge in [0.1, 0.15) is 0 Å². The SMILES string of the molecule is CCCCCCCCCCCC[N+](C)(C)CCN(CC[N+](C)(C)CCCCCCCCCCCC)CC[N+](C)(C)CCCCCCCCCCCC.[Br-].[Br-].[Br-]. The fourth-order valence-electron chi connectivity index (χ4n) is 7.99. The number of nitrogens with zero attached hydrogens (tertiary/aromatic N) is 4. The minimum atomic E-state index is 0. The lowest BCUT2D eigenvalue weighted by Gasteiger charge is -2.37. The van der Waals surface area contributed by atoms with Gasteiger partial charge in [0.05, 0.1) is 81.6 Å². The van der Waals surface area contributed by atoms with E-state index in [2.05, 4.69) is 68.0 Å². The highest BCUT2D eigenvalue weighted by Gasteiger charge is 2.23. The van der Waals surface area contributed by atoms with Gasteiger partial charge in [0.2, 0.25) is 0 Å². The lowest BCUT2D eigenvalue weighted by Crippen LogP contribution is -3.00. The number of likely N-dealkylation sites (N-methyl/N-ethyl adjacent to an activating group) is 3. The largest absolute Gasteiger partial charge is 1.00 e. The van der Waals surface area contributed by atoms with Gasteiger partial charge in [-0.25, -0.2) is 0 Å². The van der Waals surface area contributed by atoms with Crippen LogP contribution in [-0.4, -0.2) is 120 Å². The molecule has 0 aromatic heterocycles. The average molecular weight is 978 g/mol. The van der Waals surface area contributed by atoms with Crippen LogP contribution in [0, 0.1) is 0 Å². The van der Waals surface area contributed by atoms with Crippen LogP contribution in [0.1, 0.15) is 213 Å². The zero-order valence-corrected chi connectivity index (χ0v) is 44.3. The van der Waals surface area contributed by atoms with Crippen molar-refractivity contribution < 1.29 is 64.4 Å². The summed E-state index contributed by atoms with van der Waals surface area (Å²) in [5, 5.41) is 0. The van der Waals surface area contributed by atoms with Gasteiger partial charge in [-0.2, -0.15) is 0 Å². The van der Waals surface area contributed by atoms with Crippen LogP contribution in [-0.2, 0) is 0 Å². The Morgan fingerprint density at radius 1 is 0.236 bits per heavy atom. The number of halogens is 3. The molecule has 4 nitrogen and oxygen atoms in total. The van der Waals surface area contributed by atoms with Crippen LogP contribution in [0.2, 0.25) is 0 Å². The summed E-state index contributed by atoms with van der Waals surface area (Å²) in [6.45, 7) is 18.6. The van der Waals surface area contributed by atoms with Crippen LogP contribution in [0.3, 0.4) is 0 Å². The van der Waals surface area contributed by atoms with Crippen molar-refractivity contribution in [3.8, 4) is 0 Å². The Kier molecular flexibility index (Phi) is 49.6. The summed E-state index contributed by atoms with van der Waals surface area (Å²) >= 11 is 0. The topological polar surface area (TPSA) is 3.24 Å². The summed E-state index contributed by atoms with van der Waals surface area (Å²) < 4.78 is 3.55. The predicted molar refractivity (Wildman–Crippen MR) is 237 cm³/mol. The molecule has 0 amide bonds. The molecule has 0 saturated carbocycles. The van der Waals surface area contributed by atoms with E-state index in [9.17, 15) is 0 Å². The van der Waals surface area contributed by atoms with E-state index in [0.29, 0.717) is 0 Å². The molecule has 0 atom stereocenters. The first-order chi connectivity index (χ1) is 25.0. The summed E-state index contributed by atoms with van der Waals surface area (Å²) in [6, 6.07) is 0. The molecule has 0 aliphatic carbocycles. The monoisotopic (exact) mass is 975 g/mol. The molecule has 0 rings (SSSR count). The first kappa shape index (κ1) is 62.9. The fraction of sp³-hybridized carbons (Fsp3) is 1.00. The van der Waals surface area contributed by atoms with E-state index in [1.807, 2.05) is 0 Å². The molecule has 0 N–H and O–H groups in total. The minimum absolute atomic E-state index is 0. The zero-order chi connectivity index (χ0) is 38.7. The van der Waals surface area contributed by atoms with Gasteiger partial charge in [-0.1, -0.05) is 175 Å². The number of quaternary nitrogens is 3. The quantitative estimate of drug-likeness (QED) is 0.0653. The fourth-order valence-corrected chi connectivity index (χ4v) is 7.99. The Bertz CT molecular complexity index is 639. The third-order valence-corrected chi connectivity index (χ3v) is 12.4. The zero-order valence-electron chi connectivity index (χ0n) is 39.5. The Morgan fingerprint density at radius 3 is 0.582 bits per heavy atom. The first-order valence-corrected chi connectivity index (χ1v) is 24.2. The number of hydrogen-bond donors (Lipinski definition) is 0. The van der Waals surface area contributed by atoms with Gasteiger partial charge in [-0.3, -0.25) is 4.90 Å². The van der Waals surface area contributed by atoms with E-state index in [1.54, 1.807) is 0 Å². The number of hydrogen-bond acceptors (Lipinski definition) is 1. The van der Waals surface area contributed by atoms with Crippen LogP contribution in [0.5, 0.6) is 0 Å². The van der Waals surface area contributed by atoms with Crippen LogP contribution in [0.4, 0.5) is 0 Å². The van der Waals surface area contributed by atoms with E-state index in [4.69, 9.17) is 0 Å². The highest BCUT2D eigenvalue weighted by molar-refractivity contribution is 4.60. The second-order valence-electron chi connectivity index (χ2n) is 19.5. The van der Waals surface area contributed by atoms with Gasteiger partial charge in [-0.05, 0) is 38.5 Å². The second kappa shape index (κ2) is 43.4. The van der Waals surface area contributed by atoms with Crippen molar-refractivity contribution in [2.75, 3.05) is 101 Å². The van der Waals surface area contributed by atoms with Crippen molar-refractivity contribution in [3.63, 3.8) is 0 Å². The van der Waals surface area contributed by atoms with Gasteiger partial charge >= 0.3 is 0 Å². The molecule has 0 unspecified atom stereocenters. The van der Waals surface area contributed by atoms with Crippen molar-refractivity contribution in [1.82, 2.24) is 4.90 Å². The smallest absolute Gasteiger partial charge is 0.0911 e. The van der Waals surface area contributed by atoms with Crippen molar-refractivity contribution in [1.29, 1.82) is 0 Å². The molecule has 7 heteroatoms. The number of rotatable bonds is 42. The highest BCUT2D eigenvalue weighted by Crippen LogP contribution is 2.15. The van der Waals surface area contributed by atoms with Crippen molar-refractivity contribution in [3.05, 3.63) is 0 Å². The Labute approximate surface area is 381 Å². The maximum absolute atomic E-state index is 2.87. The third-order valence-electron chi connectivity index (χ3n) is 12.4. The summed E-state index contributed by atoms with van der Waals surface area (Å²) in [6.07, 6.45) is 43.0. The molecule has 0 aromatic carbocycles. The first-order valence-electron chi connectivity index (χ1n) is 24.2. The molecule has 0 bridgehead atoms. The normalized spacial score (nSPS) is 12.1. The summed E-state index contributed by atoms with van der Waals surface area (Å²) in [4.78, 5) is 2.87. The van der Waals surface area contributed by atoms with Gasteiger partial charge in [0.15, 0.2) is 0 Å². The Balaban J connectivity index is -0.00000433. The van der Waals surface area contributed by atoms with E-state index < -0.39 is 0 Å². The molecule has 0 saturated heterocycles. The summed E-state index contributed by atoms with van der Waals surface area (Å²) in [7, 11) is 15.0. The molecule has 0 aliphatic rings. The van der Waals surface area contributed by atoms with Crippen LogP contribution < -0.4 is 50.9 Å². The van der Waals surface area contributed by atoms with E-state index in [0.717, 1.165) is 0 Å². The third kappa shape index (κ3) is 46.2. The molecular formula is C48H105Br3N4. The maximum Gasteiger partial charge on any atom is 0.0911 e. The van der Waals surface area contributed by atoms with Gasteiger partial charge in [0.25, 0.3) is 0 Å². The number of unbranched alkanes of at least 4 members (excludes halogenated alkanes) is 27. The summed E-state index contributed by atoms with van der Waals surface area (Å²) in [5.74, 6) is 0. The van der Waals surface area contributed by atoms with E-state index in [1.165, 1.54) is 265 Å². The molecule has 0 aliphatic heterocycles. The lowest BCUT2D eigenvalue weighted by molar-refractivity contribution is -0.895.